The van der Waals surface area contributed by atoms with Crippen LogP contribution in [0, 0.1) is 0 Å². The van der Waals surface area contributed by atoms with E-state index >= 15 is 0 Å². The van der Waals surface area contributed by atoms with Crippen molar-refractivity contribution in [2.75, 3.05) is 26.2 Å². The average Bonchev–Trinajstić information content (AvgIpc) is 3.53. The van der Waals surface area contributed by atoms with E-state index in [1.165, 1.54) is 48.2 Å². The van der Waals surface area contributed by atoms with Crippen LogP contribution in [0.25, 0.3) is 10.9 Å². The standard InChI is InChI=1S/C28H33N3O3/c1-2-13-30-14-7-8-21(30)17-20-19-29-26-12-11-22(18-25(20)26)34-16-6-5-15-31-27(32)23-9-3-4-10-24(23)28(31)33/h3-4,9-12,18-19,21,29H,2,5-8,13-17H2,1H3. The minimum atomic E-state index is -0.188. The lowest BCUT2D eigenvalue weighted by atomic mass is 10.0. The van der Waals surface area contributed by atoms with Gasteiger partial charge in [0.15, 0.2) is 0 Å². The molecule has 1 unspecified atom stereocenters. The first-order valence-electron chi connectivity index (χ1n) is 12.6. The van der Waals surface area contributed by atoms with Crippen LogP contribution in [0.2, 0.25) is 0 Å². The third kappa shape index (κ3) is 4.47. The molecule has 1 aromatic heterocycles. The van der Waals surface area contributed by atoms with Gasteiger partial charge in [0, 0.05) is 29.7 Å². The lowest BCUT2D eigenvalue weighted by Crippen LogP contribution is -2.31. The second-order valence-corrected chi connectivity index (χ2v) is 9.42. The number of rotatable bonds is 10. The van der Waals surface area contributed by atoms with Gasteiger partial charge in [0.25, 0.3) is 11.8 Å². The molecular formula is C28H33N3O3. The van der Waals surface area contributed by atoms with Crippen LogP contribution in [0.4, 0.5) is 0 Å². The van der Waals surface area contributed by atoms with Crippen molar-refractivity contribution >= 4 is 22.7 Å². The van der Waals surface area contributed by atoms with Gasteiger partial charge in [-0.05, 0) is 87.5 Å². The normalized spacial score (nSPS) is 18.3. The monoisotopic (exact) mass is 459 g/mol. The minimum absolute atomic E-state index is 0.188. The Morgan fingerprint density at radius 2 is 1.82 bits per heavy atom. The number of amides is 2. The molecule has 0 bridgehead atoms. The molecule has 6 nitrogen and oxygen atoms in total. The summed E-state index contributed by atoms with van der Waals surface area (Å²) in [5.74, 6) is 0.490. The Labute approximate surface area is 200 Å². The quantitative estimate of drug-likeness (QED) is 0.341. The van der Waals surface area contributed by atoms with E-state index in [0.29, 0.717) is 30.3 Å². The molecule has 2 aromatic carbocycles. The summed E-state index contributed by atoms with van der Waals surface area (Å²) in [7, 11) is 0. The molecule has 2 amide bonds. The van der Waals surface area contributed by atoms with Crippen LogP contribution in [-0.2, 0) is 6.42 Å². The SMILES string of the molecule is CCCN1CCCC1Cc1c[nH]c2ccc(OCCCCN3C(=O)c4ccccc4C3=O)cc12. The van der Waals surface area contributed by atoms with E-state index in [1.807, 2.05) is 6.07 Å². The largest absolute Gasteiger partial charge is 0.494 e. The molecule has 0 radical (unpaired) electrons. The number of fused-ring (bicyclic) bond motifs is 2. The summed E-state index contributed by atoms with van der Waals surface area (Å²) in [5.41, 5.74) is 3.52. The Balaban J connectivity index is 1.14. The fourth-order valence-electron chi connectivity index (χ4n) is 5.38. The number of nitrogens with one attached hydrogen (secondary N) is 1. The number of hydrogen-bond acceptors (Lipinski definition) is 4. The van der Waals surface area contributed by atoms with Crippen molar-refractivity contribution in [3.05, 3.63) is 65.4 Å². The highest BCUT2D eigenvalue weighted by atomic mass is 16.5. The summed E-state index contributed by atoms with van der Waals surface area (Å²) in [6.07, 6.45) is 8.49. The summed E-state index contributed by atoms with van der Waals surface area (Å²) < 4.78 is 6.04. The number of aromatic amines is 1. The Morgan fingerprint density at radius 3 is 2.59 bits per heavy atom. The molecule has 0 aliphatic carbocycles. The Bertz CT molecular complexity index is 1150. The van der Waals surface area contributed by atoms with E-state index in [1.54, 1.807) is 24.3 Å². The number of hydrogen-bond donors (Lipinski definition) is 1. The predicted octanol–water partition coefficient (Wildman–Crippen LogP) is 5.04. The average molecular weight is 460 g/mol. The maximum atomic E-state index is 12.5. The number of likely N-dealkylation sites (tertiary alicyclic amines) is 1. The molecule has 3 heterocycles. The third-order valence-electron chi connectivity index (χ3n) is 7.13. The summed E-state index contributed by atoms with van der Waals surface area (Å²) in [6, 6.07) is 13.9. The van der Waals surface area contributed by atoms with Crippen LogP contribution < -0.4 is 4.74 Å². The van der Waals surface area contributed by atoms with Crippen LogP contribution >= 0.6 is 0 Å². The molecule has 3 aromatic rings. The number of aromatic nitrogens is 1. The molecule has 1 fully saturated rings. The highest BCUT2D eigenvalue weighted by molar-refractivity contribution is 6.21. The first-order valence-corrected chi connectivity index (χ1v) is 12.6. The topological polar surface area (TPSA) is 65.6 Å². The molecule has 1 saturated heterocycles. The van der Waals surface area contributed by atoms with Gasteiger partial charge in [-0.3, -0.25) is 14.5 Å². The van der Waals surface area contributed by atoms with Crippen molar-refractivity contribution in [3.63, 3.8) is 0 Å². The van der Waals surface area contributed by atoms with E-state index in [-0.39, 0.29) is 11.8 Å². The van der Waals surface area contributed by atoms with Gasteiger partial charge < -0.3 is 14.6 Å². The summed E-state index contributed by atoms with van der Waals surface area (Å²) in [5, 5.41) is 1.24. The first-order chi connectivity index (χ1) is 16.7. The van der Waals surface area contributed by atoms with Crippen molar-refractivity contribution in [2.24, 2.45) is 0 Å². The molecule has 178 valence electrons. The number of imide groups is 1. The van der Waals surface area contributed by atoms with E-state index in [2.05, 4.69) is 35.1 Å². The number of unbranched alkanes of at least 4 members (excludes halogenated alkanes) is 1. The number of ether oxygens (including phenoxy) is 1. The van der Waals surface area contributed by atoms with Crippen molar-refractivity contribution < 1.29 is 14.3 Å². The van der Waals surface area contributed by atoms with E-state index in [4.69, 9.17) is 4.74 Å². The van der Waals surface area contributed by atoms with Gasteiger partial charge in [-0.25, -0.2) is 0 Å². The van der Waals surface area contributed by atoms with Gasteiger partial charge >= 0.3 is 0 Å². The number of carbonyl (C=O) groups is 2. The van der Waals surface area contributed by atoms with Crippen LogP contribution in [0.5, 0.6) is 5.75 Å². The lowest BCUT2D eigenvalue weighted by molar-refractivity contribution is 0.0649. The van der Waals surface area contributed by atoms with Crippen molar-refractivity contribution in [1.29, 1.82) is 0 Å². The molecule has 1 N–H and O–H groups in total. The van der Waals surface area contributed by atoms with Crippen LogP contribution in [-0.4, -0.2) is 58.9 Å². The van der Waals surface area contributed by atoms with Gasteiger partial charge in [-0.1, -0.05) is 19.1 Å². The third-order valence-corrected chi connectivity index (χ3v) is 7.13. The zero-order valence-corrected chi connectivity index (χ0v) is 19.9. The molecule has 6 heteroatoms. The molecular weight excluding hydrogens is 426 g/mol. The maximum absolute atomic E-state index is 12.5. The summed E-state index contributed by atoms with van der Waals surface area (Å²) >= 11 is 0. The van der Waals surface area contributed by atoms with Gasteiger partial charge in [-0.2, -0.15) is 0 Å². The number of benzene rings is 2. The molecule has 0 spiro atoms. The molecule has 5 rings (SSSR count). The Kier molecular flexibility index (Phi) is 6.68. The fourth-order valence-corrected chi connectivity index (χ4v) is 5.38. The van der Waals surface area contributed by atoms with Crippen molar-refractivity contribution in [1.82, 2.24) is 14.8 Å². The van der Waals surface area contributed by atoms with Gasteiger partial charge in [-0.15, -0.1) is 0 Å². The van der Waals surface area contributed by atoms with E-state index < -0.39 is 0 Å². The molecule has 2 aliphatic rings. The second kappa shape index (κ2) is 10.0. The van der Waals surface area contributed by atoms with Gasteiger partial charge in [0.1, 0.15) is 5.75 Å². The maximum Gasteiger partial charge on any atom is 0.261 e. The number of nitrogens with zero attached hydrogens (tertiary/aromatic N) is 2. The predicted molar refractivity (Wildman–Crippen MR) is 133 cm³/mol. The first kappa shape index (κ1) is 22.7. The Hall–Kier alpha value is -3.12. The summed E-state index contributed by atoms with van der Waals surface area (Å²) in [4.78, 5) is 32.3. The van der Waals surface area contributed by atoms with Crippen LogP contribution in [0.3, 0.4) is 0 Å². The number of carbonyl (C=O) groups excluding carboxylic acids is 2. The van der Waals surface area contributed by atoms with Crippen LogP contribution in [0.15, 0.2) is 48.7 Å². The van der Waals surface area contributed by atoms with Crippen LogP contribution in [0.1, 0.15) is 65.3 Å². The Morgan fingerprint density at radius 1 is 1.03 bits per heavy atom. The highest BCUT2D eigenvalue weighted by Gasteiger charge is 2.34. The zero-order chi connectivity index (χ0) is 23.5. The second-order valence-electron chi connectivity index (χ2n) is 9.42. The minimum Gasteiger partial charge on any atom is -0.494 e. The fraction of sp³-hybridized carbons (Fsp3) is 0.429. The van der Waals surface area contributed by atoms with Gasteiger partial charge in [0.05, 0.1) is 17.7 Å². The van der Waals surface area contributed by atoms with E-state index in [0.717, 1.165) is 30.5 Å². The number of H-pyrrole nitrogens is 1. The smallest absolute Gasteiger partial charge is 0.261 e. The molecule has 34 heavy (non-hydrogen) atoms. The molecule has 1 atom stereocenters. The van der Waals surface area contributed by atoms with E-state index in [9.17, 15) is 9.59 Å². The summed E-state index contributed by atoms with van der Waals surface area (Å²) in [6.45, 7) is 5.64. The lowest BCUT2D eigenvalue weighted by Gasteiger charge is -2.23. The van der Waals surface area contributed by atoms with Gasteiger partial charge in [0.2, 0.25) is 0 Å². The van der Waals surface area contributed by atoms with Crippen molar-refractivity contribution in [2.45, 2.75) is 51.5 Å². The molecule has 2 aliphatic heterocycles. The molecule has 0 saturated carbocycles. The van der Waals surface area contributed by atoms with Crippen molar-refractivity contribution in [3.8, 4) is 5.75 Å². The zero-order valence-electron chi connectivity index (χ0n) is 19.9. The highest BCUT2D eigenvalue weighted by Crippen LogP contribution is 2.28.